The van der Waals surface area contributed by atoms with E-state index in [9.17, 15) is 0 Å². The highest BCUT2D eigenvalue weighted by atomic mass is 32.2. The Kier molecular flexibility index (Phi) is 3.78. The van der Waals surface area contributed by atoms with E-state index in [0.717, 1.165) is 30.2 Å². The number of hydrogen-bond donors (Lipinski definition) is 2. The lowest BCUT2D eigenvalue weighted by Crippen LogP contribution is -2.22. The van der Waals surface area contributed by atoms with Crippen LogP contribution >= 0.6 is 11.8 Å². The Morgan fingerprint density at radius 2 is 2.13 bits per heavy atom. The van der Waals surface area contributed by atoms with Crippen LogP contribution in [0.15, 0.2) is 41.6 Å². The molecule has 0 amide bonds. The highest BCUT2D eigenvalue weighted by Gasteiger charge is 2.26. The van der Waals surface area contributed by atoms with E-state index in [-0.39, 0.29) is 5.95 Å². The minimum absolute atomic E-state index is 0.279. The van der Waals surface area contributed by atoms with E-state index in [1.807, 2.05) is 11.8 Å². The average molecular weight is 326 g/mol. The zero-order valence-corrected chi connectivity index (χ0v) is 13.5. The molecule has 0 radical (unpaired) electrons. The number of nitrogens with zero attached hydrogens (tertiary/aromatic N) is 4. The number of aromatic amines is 1. The van der Waals surface area contributed by atoms with E-state index in [1.165, 1.54) is 11.3 Å². The van der Waals surface area contributed by atoms with Gasteiger partial charge in [-0.2, -0.15) is 9.97 Å². The topological polar surface area (TPSA) is 83.7 Å². The van der Waals surface area contributed by atoms with Crippen LogP contribution in [0.2, 0.25) is 0 Å². The van der Waals surface area contributed by atoms with Gasteiger partial charge in [-0.3, -0.25) is 0 Å². The summed E-state index contributed by atoms with van der Waals surface area (Å²) in [5, 5.41) is 0. The van der Waals surface area contributed by atoms with Crippen molar-refractivity contribution in [3.05, 3.63) is 36.7 Å². The molecule has 0 bridgehead atoms. The summed E-state index contributed by atoms with van der Waals surface area (Å²) in [6, 6.07) is 10.5. The molecule has 7 heteroatoms. The maximum Gasteiger partial charge on any atom is 0.224 e. The number of imidazole rings is 1. The minimum Gasteiger partial charge on any atom is -0.368 e. The molecular formula is C16H18N6S. The minimum atomic E-state index is 0.279. The lowest BCUT2D eigenvalue weighted by atomic mass is 10.2. The Morgan fingerprint density at radius 3 is 3.00 bits per heavy atom. The van der Waals surface area contributed by atoms with Gasteiger partial charge in [0.2, 0.25) is 5.95 Å². The molecule has 1 aliphatic heterocycles. The molecule has 1 aliphatic rings. The van der Waals surface area contributed by atoms with E-state index >= 15 is 0 Å². The SMILES string of the molecule is Nc1nc(N2CC[C@@H](CSc3ccccc3)C2)c2[nH]cnc2n1. The number of aromatic nitrogens is 4. The number of rotatable bonds is 4. The summed E-state index contributed by atoms with van der Waals surface area (Å²) in [6.07, 6.45) is 2.81. The second-order valence-electron chi connectivity index (χ2n) is 5.73. The van der Waals surface area contributed by atoms with Crippen LogP contribution in [0.3, 0.4) is 0 Å². The molecule has 0 aliphatic carbocycles. The molecule has 3 N–H and O–H groups in total. The number of nitrogen functional groups attached to an aromatic ring is 1. The summed E-state index contributed by atoms with van der Waals surface area (Å²) in [6.45, 7) is 1.98. The van der Waals surface area contributed by atoms with Crippen LogP contribution in [0.4, 0.5) is 11.8 Å². The molecule has 1 aromatic carbocycles. The third-order valence-electron chi connectivity index (χ3n) is 4.10. The Balaban J connectivity index is 1.46. The Labute approximate surface area is 138 Å². The van der Waals surface area contributed by atoms with Crippen LogP contribution in [0.25, 0.3) is 11.2 Å². The lowest BCUT2D eigenvalue weighted by molar-refractivity contribution is 0.670. The van der Waals surface area contributed by atoms with Gasteiger partial charge in [0, 0.05) is 23.7 Å². The lowest BCUT2D eigenvalue weighted by Gasteiger charge is -2.18. The molecule has 1 atom stereocenters. The third-order valence-corrected chi connectivity index (χ3v) is 5.34. The first-order chi connectivity index (χ1) is 11.3. The highest BCUT2D eigenvalue weighted by Crippen LogP contribution is 2.30. The van der Waals surface area contributed by atoms with Gasteiger partial charge in [-0.05, 0) is 24.5 Å². The monoisotopic (exact) mass is 326 g/mol. The maximum absolute atomic E-state index is 5.81. The fourth-order valence-corrected chi connectivity index (χ4v) is 4.00. The summed E-state index contributed by atoms with van der Waals surface area (Å²) >= 11 is 1.92. The molecule has 1 fully saturated rings. The average Bonchev–Trinajstić information content (AvgIpc) is 3.22. The van der Waals surface area contributed by atoms with Crippen molar-refractivity contribution in [1.82, 2.24) is 19.9 Å². The van der Waals surface area contributed by atoms with Crippen LogP contribution in [-0.4, -0.2) is 38.8 Å². The van der Waals surface area contributed by atoms with Gasteiger partial charge in [0.05, 0.1) is 6.33 Å². The zero-order chi connectivity index (χ0) is 15.6. The van der Waals surface area contributed by atoms with Crippen molar-refractivity contribution < 1.29 is 0 Å². The van der Waals surface area contributed by atoms with Gasteiger partial charge in [-0.25, -0.2) is 4.98 Å². The predicted molar refractivity (Wildman–Crippen MR) is 93.6 cm³/mol. The van der Waals surface area contributed by atoms with E-state index in [2.05, 4.69) is 55.2 Å². The van der Waals surface area contributed by atoms with Crippen LogP contribution in [-0.2, 0) is 0 Å². The Morgan fingerprint density at radius 1 is 1.26 bits per heavy atom. The molecule has 118 valence electrons. The standard InChI is InChI=1S/C16H18N6S/c17-16-20-14-13(18-10-19-14)15(21-16)22-7-6-11(8-22)9-23-12-4-2-1-3-5-12/h1-5,10-11H,6-9H2,(H3,17,18,19,20,21)/t11-/m1/s1. The number of hydrogen-bond acceptors (Lipinski definition) is 6. The highest BCUT2D eigenvalue weighted by molar-refractivity contribution is 7.99. The molecule has 0 saturated carbocycles. The fourth-order valence-electron chi connectivity index (χ4n) is 2.95. The van der Waals surface area contributed by atoms with Crippen molar-refractivity contribution in [2.75, 3.05) is 29.5 Å². The van der Waals surface area contributed by atoms with Gasteiger partial charge in [-0.1, -0.05) is 18.2 Å². The second kappa shape index (κ2) is 6.08. The molecule has 2 aromatic heterocycles. The second-order valence-corrected chi connectivity index (χ2v) is 6.82. The van der Waals surface area contributed by atoms with E-state index < -0.39 is 0 Å². The van der Waals surface area contributed by atoms with Crippen LogP contribution < -0.4 is 10.6 Å². The van der Waals surface area contributed by atoms with E-state index in [0.29, 0.717) is 11.6 Å². The van der Waals surface area contributed by atoms with Crippen molar-refractivity contribution in [3.8, 4) is 0 Å². The number of nitrogens with two attached hydrogens (primary N) is 1. The molecule has 23 heavy (non-hydrogen) atoms. The zero-order valence-electron chi connectivity index (χ0n) is 12.6. The summed E-state index contributed by atoms with van der Waals surface area (Å²) in [5.41, 5.74) is 7.32. The number of thioether (sulfide) groups is 1. The number of fused-ring (bicyclic) bond motifs is 1. The van der Waals surface area contributed by atoms with Crippen LogP contribution in [0.5, 0.6) is 0 Å². The summed E-state index contributed by atoms with van der Waals surface area (Å²) in [7, 11) is 0. The summed E-state index contributed by atoms with van der Waals surface area (Å²) < 4.78 is 0. The van der Waals surface area contributed by atoms with Crippen molar-refractivity contribution in [1.29, 1.82) is 0 Å². The predicted octanol–water partition coefficient (Wildman–Crippen LogP) is 2.55. The van der Waals surface area contributed by atoms with Gasteiger partial charge < -0.3 is 15.6 Å². The fraction of sp³-hybridized carbons (Fsp3) is 0.312. The summed E-state index contributed by atoms with van der Waals surface area (Å²) in [5.74, 6) is 2.92. The van der Waals surface area contributed by atoms with Crippen LogP contribution in [0.1, 0.15) is 6.42 Å². The first-order valence-electron chi connectivity index (χ1n) is 7.69. The van der Waals surface area contributed by atoms with Gasteiger partial charge in [0.15, 0.2) is 11.5 Å². The smallest absolute Gasteiger partial charge is 0.224 e. The molecule has 0 spiro atoms. The largest absolute Gasteiger partial charge is 0.368 e. The van der Waals surface area contributed by atoms with Crippen LogP contribution in [0, 0.1) is 5.92 Å². The first-order valence-corrected chi connectivity index (χ1v) is 8.67. The van der Waals surface area contributed by atoms with E-state index in [4.69, 9.17) is 5.73 Å². The number of H-pyrrole nitrogens is 1. The quantitative estimate of drug-likeness (QED) is 0.717. The molecule has 1 saturated heterocycles. The number of benzene rings is 1. The van der Waals surface area contributed by atoms with Gasteiger partial charge >= 0.3 is 0 Å². The Hall–Kier alpha value is -2.28. The molecule has 3 aromatic rings. The molecule has 3 heterocycles. The first kappa shape index (κ1) is 14.3. The van der Waals surface area contributed by atoms with Gasteiger partial charge in [-0.15, -0.1) is 11.8 Å². The molecule has 4 rings (SSSR count). The van der Waals surface area contributed by atoms with Crippen molar-refractivity contribution in [2.45, 2.75) is 11.3 Å². The molecule has 6 nitrogen and oxygen atoms in total. The molecular weight excluding hydrogens is 308 g/mol. The van der Waals surface area contributed by atoms with Gasteiger partial charge in [0.25, 0.3) is 0 Å². The van der Waals surface area contributed by atoms with Crippen molar-refractivity contribution in [3.63, 3.8) is 0 Å². The normalized spacial score (nSPS) is 17.9. The Bertz CT molecular complexity index is 803. The molecule has 0 unspecified atom stereocenters. The van der Waals surface area contributed by atoms with Crippen molar-refractivity contribution >= 4 is 34.7 Å². The maximum atomic E-state index is 5.81. The summed E-state index contributed by atoms with van der Waals surface area (Å²) in [4.78, 5) is 19.5. The third kappa shape index (κ3) is 2.96. The van der Waals surface area contributed by atoms with Crippen molar-refractivity contribution in [2.24, 2.45) is 5.92 Å². The van der Waals surface area contributed by atoms with Gasteiger partial charge in [0.1, 0.15) is 5.52 Å². The number of nitrogens with one attached hydrogen (secondary N) is 1. The number of anilines is 2. The van der Waals surface area contributed by atoms with E-state index in [1.54, 1.807) is 6.33 Å².